The molecule has 0 unspecified atom stereocenters. The first-order valence-corrected chi connectivity index (χ1v) is 6.02. The average Bonchev–Trinajstić information content (AvgIpc) is 2.41. The molecule has 0 amide bonds. The van der Waals surface area contributed by atoms with Crippen molar-refractivity contribution in [2.45, 2.75) is 33.7 Å². The van der Waals surface area contributed by atoms with E-state index in [0.29, 0.717) is 0 Å². The number of nitrogens with zero attached hydrogens (tertiary/aromatic N) is 2. The fourth-order valence-corrected chi connectivity index (χ4v) is 1.74. The molecule has 80 valence electrons. The molecule has 0 aliphatic carbocycles. The van der Waals surface area contributed by atoms with Crippen molar-refractivity contribution < 1.29 is 4.74 Å². The Labute approximate surface area is 99.0 Å². The van der Waals surface area contributed by atoms with Crippen molar-refractivity contribution >= 4 is 22.6 Å². The van der Waals surface area contributed by atoms with Crippen molar-refractivity contribution in [2.75, 3.05) is 13.2 Å². The molecule has 0 radical (unpaired) electrons. The highest BCUT2D eigenvalue weighted by atomic mass is 127. The normalized spacial score (nSPS) is 10.9. The highest BCUT2D eigenvalue weighted by Crippen LogP contribution is 2.15. The lowest BCUT2D eigenvalue weighted by molar-refractivity contribution is 0.140. The summed E-state index contributed by atoms with van der Waals surface area (Å²) in [7, 11) is 0. The Bertz CT molecular complexity index is 297. The Balaban J connectivity index is 2.47. The molecule has 0 N–H and O–H groups in total. The van der Waals surface area contributed by atoms with Crippen LogP contribution in [0.3, 0.4) is 0 Å². The van der Waals surface area contributed by atoms with Gasteiger partial charge in [0.05, 0.1) is 9.26 Å². The van der Waals surface area contributed by atoms with Crippen LogP contribution in [0.2, 0.25) is 0 Å². The second-order valence-electron chi connectivity index (χ2n) is 3.26. The number of rotatable bonds is 5. The maximum atomic E-state index is 5.29. The van der Waals surface area contributed by atoms with Crippen LogP contribution in [0.5, 0.6) is 0 Å². The smallest absolute Gasteiger partial charge is 0.0729 e. The van der Waals surface area contributed by atoms with Crippen LogP contribution < -0.4 is 0 Å². The Kier molecular flexibility index (Phi) is 4.88. The van der Waals surface area contributed by atoms with Crippen LogP contribution in [0.15, 0.2) is 0 Å². The molecular formula is C10H17IN2O. The minimum absolute atomic E-state index is 0.800. The Morgan fingerprint density at radius 1 is 1.43 bits per heavy atom. The van der Waals surface area contributed by atoms with Crippen LogP contribution in [-0.4, -0.2) is 23.0 Å². The van der Waals surface area contributed by atoms with Crippen LogP contribution in [0, 0.1) is 17.4 Å². The van der Waals surface area contributed by atoms with E-state index in [9.17, 15) is 0 Å². The van der Waals surface area contributed by atoms with E-state index in [1.54, 1.807) is 0 Å². The van der Waals surface area contributed by atoms with Gasteiger partial charge >= 0.3 is 0 Å². The highest BCUT2D eigenvalue weighted by Gasteiger charge is 2.07. The third-order valence-corrected chi connectivity index (χ3v) is 3.72. The van der Waals surface area contributed by atoms with Gasteiger partial charge in [0, 0.05) is 25.5 Å². The van der Waals surface area contributed by atoms with Crippen LogP contribution in [0.4, 0.5) is 0 Å². The van der Waals surface area contributed by atoms with Crippen LogP contribution in [-0.2, 0) is 11.3 Å². The number of ether oxygens (including phenoxy) is 1. The van der Waals surface area contributed by atoms with Gasteiger partial charge in [0.2, 0.25) is 0 Å². The van der Waals surface area contributed by atoms with E-state index in [4.69, 9.17) is 4.74 Å². The van der Waals surface area contributed by atoms with E-state index in [1.807, 2.05) is 13.8 Å². The third-order valence-electron chi connectivity index (χ3n) is 2.16. The molecule has 14 heavy (non-hydrogen) atoms. The van der Waals surface area contributed by atoms with Crippen LogP contribution >= 0.6 is 22.6 Å². The van der Waals surface area contributed by atoms with E-state index in [2.05, 4.69) is 39.3 Å². The van der Waals surface area contributed by atoms with Crippen molar-refractivity contribution in [1.29, 1.82) is 0 Å². The Hall–Kier alpha value is -0.100. The predicted molar refractivity (Wildman–Crippen MR) is 65.5 cm³/mol. The highest BCUT2D eigenvalue weighted by molar-refractivity contribution is 14.1. The fourth-order valence-electron chi connectivity index (χ4n) is 1.35. The number of hydrogen-bond donors (Lipinski definition) is 0. The van der Waals surface area contributed by atoms with Crippen LogP contribution in [0.1, 0.15) is 24.7 Å². The summed E-state index contributed by atoms with van der Waals surface area (Å²) in [5, 5.41) is 4.46. The first-order chi connectivity index (χ1) is 6.66. The topological polar surface area (TPSA) is 27.1 Å². The van der Waals surface area contributed by atoms with Gasteiger partial charge in [-0.1, -0.05) is 0 Å². The monoisotopic (exact) mass is 308 g/mol. The third kappa shape index (κ3) is 2.95. The molecule has 0 spiro atoms. The summed E-state index contributed by atoms with van der Waals surface area (Å²) in [4.78, 5) is 0. The molecule has 1 rings (SSSR count). The maximum Gasteiger partial charge on any atom is 0.0729 e. The van der Waals surface area contributed by atoms with E-state index in [-0.39, 0.29) is 0 Å². The van der Waals surface area contributed by atoms with Gasteiger partial charge in [-0.2, -0.15) is 5.10 Å². The van der Waals surface area contributed by atoms with Gasteiger partial charge in [0.15, 0.2) is 0 Å². The molecule has 0 aliphatic heterocycles. The molecule has 0 saturated carbocycles. The molecule has 3 nitrogen and oxygen atoms in total. The summed E-state index contributed by atoms with van der Waals surface area (Å²) in [6.07, 6.45) is 1.03. The van der Waals surface area contributed by atoms with E-state index < -0.39 is 0 Å². The maximum absolute atomic E-state index is 5.29. The largest absolute Gasteiger partial charge is 0.382 e. The summed E-state index contributed by atoms with van der Waals surface area (Å²) >= 11 is 2.34. The SMILES string of the molecule is CCOCCCn1nc(C)c(I)c1C. The van der Waals surface area contributed by atoms with Gasteiger partial charge in [-0.3, -0.25) is 4.68 Å². The zero-order valence-electron chi connectivity index (χ0n) is 9.01. The summed E-state index contributed by atoms with van der Waals surface area (Å²) < 4.78 is 8.63. The lowest BCUT2D eigenvalue weighted by atomic mass is 10.4. The quantitative estimate of drug-likeness (QED) is 0.617. The van der Waals surface area contributed by atoms with Gasteiger partial charge in [0.1, 0.15) is 0 Å². The van der Waals surface area contributed by atoms with Gasteiger partial charge < -0.3 is 4.74 Å². The van der Waals surface area contributed by atoms with E-state index >= 15 is 0 Å². The minimum atomic E-state index is 0.800. The second-order valence-corrected chi connectivity index (χ2v) is 4.34. The molecule has 1 aromatic rings. The molecule has 0 aliphatic rings. The van der Waals surface area contributed by atoms with Gasteiger partial charge in [-0.15, -0.1) is 0 Å². The Morgan fingerprint density at radius 3 is 2.64 bits per heavy atom. The van der Waals surface area contributed by atoms with E-state index in [0.717, 1.165) is 31.9 Å². The molecule has 0 atom stereocenters. The molecule has 0 fully saturated rings. The first-order valence-electron chi connectivity index (χ1n) is 4.94. The average molecular weight is 308 g/mol. The second kappa shape index (κ2) is 5.70. The predicted octanol–water partition coefficient (Wildman–Crippen LogP) is 2.53. The Morgan fingerprint density at radius 2 is 2.14 bits per heavy atom. The molecule has 4 heteroatoms. The van der Waals surface area contributed by atoms with Crippen molar-refractivity contribution in [3.8, 4) is 0 Å². The molecule has 0 aromatic carbocycles. The number of aromatic nitrogens is 2. The van der Waals surface area contributed by atoms with Gasteiger partial charge in [0.25, 0.3) is 0 Å². The summed E-state index contributed by atoms with van der Waals surface area (Å²) in [5.74, 6) is 0. The fraction of sp³-hybridized carbons (Fsp3) is 0.700. The summed E-state index contributed by atoms with van der Waals surface area (Å²) in [6.45, 7) is 8.76. The standard InChI is InChI=1S/C10H17IN2O/c1-4-14-7-5-6-13-9(3)10(11)8(2)12-13/h4-7H2,1-3H3. The molecule has 1 heterocycles. The van der Waals surface area contributed by atoms with Crippen molar-refractivity contribution in [3.05, 3.63) is 15.0 Å². The van der Waals surface area contributed by atoms with E-state index in [1.165, 1.54) is 9.26 Å². The zero-order chi connectivity index (χ0) is 10.6. The summed E-state index contributed by atoms with van der Waals surface area (Å²) in [6, 6.07) is 0. The molecule has 0 saturated heterocycles. The zero-order valence-corrected chi connectivity index (χ0v) is 11.2. The first kappa shape index (κ1) is 12.0. The molecular weight excluding hydrogens is 291 g/mol. The van der Waals surface area contributed by atoms with Crippen LogP contribution in [0.25, 0.3) is 0 Å². The number of halogens is 1. The minimum Gasteiger partial charge on any atom is -0.382 e. The van der Waals surface area contributed by atoms with Gasteiger partial charge in [-0.25, -0.2) is 0 Å². The lowest BCUT2D eigenvalue weighted by Gasteiger charge is -2.04. The van der Waals surface area contributed by atoms with Crippen molar-refractivity contribution in [2.24, 2.45) is 0 Å². The summed E-state index contributed by atoms with van der Waals surface area (Å²) in [5.41, 5.74) is 2.39. The van der Waals surface area contributed by atoms with Gasteiger partial charge in [-0.05, 0) is 49.8 Å². The number of hydrogen-bond acceptors (Lipinski definition) is 2. The molecule has 0 bridgehead atoms. The van der Waals surface area contributed by atoms with Crippen molar-refractivity contribution in [1.82, 2.24) is 9.78 Å². The molecule has 1 aromatic heterocycles. The number of aryl methyl sites for hydroxylation is 2. The lowest BCUT2D eigenvalue weighted by Crippen LogP contribution is -2.06. The van der Waals surface area contributed by atoms with Crippen molar-refractivity contribution in [3.63, 3.8) is 0 Å².